The smallest absolute Gasteiger partial charge is 0.262 e. The molecule has 25 heavy (non-hydrogen) atoms. The minimum absolute atomic E-state index is 0.0747. The second-order valence-corrected chi connectivity index (χ2v) is 6.15. The number of carbonyl (C=O) groups is 3. The van der Waals surface area contributed by atoms with E-state index in [1.807, 2.05) is 0 Å². The van der Waals surface area contributed by atoms with Crippen LogP contribution < -0.4 is 0 Å². The number of amides is 2. The van der Waals surface area contributed by atoms with Crippen LogP contribution in [0.1, 0.15) is 26.3 Å². The van der Waals surface area contributed by atoms with Crippen molar-refractivity contribution in [2.24, 2.45) is 0 Å². The number of alkyl halides is 1. The summed E-state index contributed by atoms with van der Waals surface area (Å²) in [6.07, 6.45) is -0.0902. The molecule has 4 nitrogen and oxygen atoms in total. The van der Waals surface area contributed by atoms with Crippen molar-refractivity contribution in [2.75, 3.05) is 5.33 Å². The second kappa shape index (κ2) is 6.84. The molecule has 1 aliphatic rings. The number of imide groups is 1. The minimum atomic E-state index is -1.10. The molecule has 7 heteroatoms. The number of ketones is 1. The van der Waals surface area contributed by atoms with Gasteiger partial charge in [-0.25, -0.2) is 8.78 Å². The van der Waals surface area contributed by atoms with E-state index < -0.39 is 35.3 Å². The number of rotatable bonds is 5. The Bertz CT molecular complexity index is 849. The van der Waals surface area contributed by atoms with Gasteiger partial charge in [0.25, 0.3) is 11.8 Å². The van der Waals surface area contributed by atoms with Crippen LogP contribution in [0.15, 0.2) is 42.5 Å². The molecule has 1 aliphatic heterocycles. The molecule has 0 spiro atoms. The number of benzene rings is 2. The largest absolute Gasteiger partial charge is 0.296 e. The maximum absolute atomic E-state index is 13.4. The van der Waals surface area contributed by atoms with Crippen molar-refractivity contribution in [3.8, 4) is 0 Å². The van der Waals surface area contributed by atoms with Crippen molar-refractivity contribution in [3.63, 3.8) is 0 Å². The molecular weight excluding hydrogens is 396 g/mol. The average molecular weight is 408 g/mol. The van der Waals surface area contributed by atoms with Crippen LogP contribution in [0.3, 0.4) is 0 Å². The third-order valence-corrected chi connectivity index (χ3v) is 4.61. The molecular formula is C18H12BrF2NO3. The summed E-state index contributed by atoms with van der Waals surface area (Å²) in [5.74, 6) is -3.60. The van der Waals surface area contributed by atoms with Gasteiger partial charge in [-0.15, -0.1) is 0 Å². The standard InChI is InChI=1S/C18H12BrF2NO3/c19-9-16(23)15(8-10-5-6-13(20)14(21)7-10)22-17(24)11-3-1-2-4-12(11)18(22)25/h1-7,15H,8-9H2/t15-/m0/s1. The van der Waals surface area contributed by atoms with E-state index in [0.717, 1.165) is 17.0 Å². The first-order valence-electron chi connectivity index (χ1n) is 7.43. The second-order valence-electron chi connectivity index (χ2n) is 5.59. The topological polar surface area (TPSA) is 54.5 Å². The molecule has 0 unspecified atom stereocenters. The first kappa shape index (κ1) is 17.4. The molecule has 0 radical (unpaired) electrons. The highest BCUT2D eigenvalue weighted by atomic mass is 79.9. The fourth-order valence-electron chi connectivity index (χ4n) is 2.82. The van der Waals surface area contributed by atoms with Gasteiger partial charge in [0.05, 0.1) is 16.5 Å². The molecule has 128 valence electrons. The quantitative estimate of drug-likeness (QED) is 0.565. The molecule has 0 fully saturated rings. The van der Waals surface area contributed by atoms with Gasteiger partial charge in [0.2, 0.25) is 0 Å². The van der Waals surface area contributed by atoms with E-state index in [1.54, 1.807) is 12.1 Å². The third-order valence-electron chi connectivity index (χ3n) is 4.05. The zero-order chi connectivity index (χ0) is 18.1. The summed E-state index contributed by atoms with van der Waals surface area (Å²) < 4.78 is 26.5. The Labute approximate surface area is 150 Å². The molecule has 2 aromatic rings. The van der Waals surface area contributed by atoms with Gasteiger partial charge in [-0.2, -0.15) is 0 Å². The number of carbonyl (C=O) groups excluding carboxylic acids is 3. The molecule has 0 N–H and O–H groups in total. The Morgan fingerprint density at radius 3 is 2.12 bits per heavy atom. The highest BCUT2D eigenvalue weighted by molar-refractivity contribution is 9.09. The minimum Gasteiger partial charge on any atom is -0.296 e. The van der Waals surface area contributed by atoms with Crippen LogP contribution in [0.25, 0.3) is 0 Å². The normalized spacial score (nSPS) is 14.6. The van der Waals surface area contributed by atoms with Crippen LogP contribution in [0.5, 0.6) is 0 Å². The number of halogens is 3. The maximum Gasteiger partial charge on any atom is 0.262 e. The Morgan fingerprint density at radius 2 is 1.60 bits per heavy atom. The Balaban J connectivity index is 1.97. The van der Waals surface area contributed by atoms with Crippen LogP contribution in [-0.4, -0.2) is 33.9 Å². The van der Waals surface area contributed by atoms with E-state index in [0.29, 0.717) is 5.56 Å². The molecule has 0 saturated carbocycles. The van der Waals surface area contributed by atoms with Gasteiger partial charge in [0, 0.05) is 6.42 Å². The monoisotopic (exact) mass is 407 g/mol. The predicted molar refractivity (Wildman–Crippen MR) is 89.6 cm³/mol. The van der Waals surface area contributed by atoms with Gasteiger partial charge in [-0.05, 0) is 29.8 Å². The van der Waals surface area contributed by atoms with E-state index in [-0.39, 0.29) is 22.9 Å². The predicted octanol–water partition coefficient (Wildman–Crippen LogP) is 3.14. The lowest BCUT2D eigenvalue weighted by atomic mass is 10.0. The van der Waals surface area contributed by atoms with Crippen LogP contribution >= 0.6 is 15.9 Å². The average Bonchev–Trinajstić information content (AvgIpc) is 2.87. The number of hydrogen-bond donors (Lipinski definition) is 0. The van der Waals surface area contributed by atoms with Gasteiger partial charge >= 0.3 is 0 Å². The summed E-state index contributed by atoms with van der Waals surface area (Å²) in [4.78, 5) is 38.4. The van der Waals surface area contributed by atoms with Crippen molar-refractivity contribution in [2.45, 2.75) is 12.5 Å². The van der Waals surface area contributed by atoms with Gasteiger partial charge in [-0.1, -0.05) is 34.1 Å². The highest BCUT2D eigenvalue weighted by Crippen LogP contribution is 2.26. The van der Waals surface area contributed by atoms with E-state index in [9.17, 15) is 23.2 Å². The molecule has 1 heterocycles. The Kier molecular flexibility index (Phi) is 4.76. The molecule has 3 rings (SSSR count). The van der Waals surface area contributed by atoms with E-state index in [1.165, 1.54) is 18.2 Å². The molecule has 1 atom stereocenters. The maximum atomic E-state index is 13.4. The zero-order valence-electron chi connectivity index (χ0n) is 12.8. The number of fused-ring (bicyclic) bond motifs is 1. The number of Topliss-reactive ketones (excluding diaryl/α,β-unsaturated/α-hetero) is 1. The SMILES string of the molecule is O=C(CBr)[C@H](Cc1ccc(F)c(F)c1)N1C(=O)c2ccccc2C1=O. The Morgan fingerprint density at radius 1 is 1.00 bits per heavy atom. The fourth-order valence-corrected chi connectivity index (χ4v) is 3.19. The third kappa shape index (κ3) is 3.11. The summed E-state index contributed by atoms with van der Waals surface area (Å²) in [7, 11) is 0. The van der Waals surface area contributed by atoms with E-state index >= 15 is 0 Å². The van der Waals surface area contributed by atoms with E-state index in [4.69, 9.17) is 0 Å². The first-order chi connectivity index (χ1) is 11.9. The van der Waals surface area contributed by atoms with Gasteiger partial charge < -0.3 is 0 Å². The van der Waals surface area contributed by atoms with Crippen molar-refractivity contribution < 1.29 is 23.2 Å². The first-order valence-corrected chi connectivity index (χ1v) is 8.55. The number of hydrogen-bond acceptors (Lipinski definition) is 3. The molecule has 0 aliphatic carbocycles. The lowest BCUT2D eigenvalue weighted by Gasteiger charge is -2.24. The molecule has 0 aromatic heterocycles. The summed E-state index contributed by atoms with van der Waals surface area (Å²) in [6, 6.07) is 8.42. The van der Waals surface area contributed by atoms with Crippen molar-refractivity contribution in [1.82, 2.24) is 4.90 Å². The summed E-state index contributed by atoms with van der Waals surface area (Å²) >= 11 is 3.04. The molecule has 0 bridgehead atoms. The summed E-state index contributed by atoms with van der Waals surface area (Å²) in [5.41, 5.74) is 0.769. The molecule has 2 amide bonds. The fraction of sp³-hybridized carbons (Fsp3) is 0.167. The van der Waals surface area contributed by atoms with Crippen LogP contribution in [0.4, 0.5) is 8.78 Å². The van der Waals surface area contributed by atoms with Gasteiger partial charge in [0.15, 0.2) is 17.4 Å². The van der Waals surface area contributed by atoms with Gasteiger partial charge in [0.1, 0.15) is 6.04 Å². The van der Waals surface area contributed by atoms with E-state index in [2.05, 4.69) is 15.9 Å². The van der Waals surface area contributed by atoms with Gasteiger partial charge in [-0.3, -0.25) is 19.3 Å². The highest BCUT2D eigenvalue weighted by Gasteiger charge is 2.42. The summed E-state index contributed by atoms with van der Waals surface area (Å²) in [6.45, 7) is 0. The molecule has 2 aromatic carbocycles. The zero-order valence-corrected chi connectivity index (χ0v) is 14.4. The van der Waals surface area contributed by atoms with Crippen LogP contribution in [0, 0.1) is 11.6 Å². The Hall–Kier alpha value is -2.41. The summed E-state index contributed by atoms with van der Waals surface area (Å²) in [5, 5.41) is -0.0747. The lowest BCUT2D eigenvalue weighted by Crippen LogP contribution is -2.46. The number of nitrogens with zero attached hydrogens (tertiary/aromatic N) is 1. The van der Waals surface area contributed by atoms with Crippen LogP contribution in [-0.2, 0) is 11.2 Å². The lowest BCUT2D eigenvalue weighted by molar-refractivity contribution is -0.120. The van der Waals surface area contributed by atoms with Crippen LogP contribution in [0.2, 0.25) is 0 Å². The van der Waals surface area contributed by atoms with Crippen molar-refractivity contribution in [1.29, 1.82) is 0 Å². The van der Waals surface area contributed by atoms with Crippen molar-refractivity contribution in [3.05, 3.63) is 70.8 Å². The van der Waals surface area contributed by atoms with Crippen molar-refractivity contribution >= 4 is 33.5 Å². The molecule has 0 saturated heterocycles.